The van der Waals surface area contributed by atoms with Crippen molar-refractivity contribution in [2.75, 3.05) is 0 Å². The summed E-state index contributed by atoms with van der Waals surface area (Å²) in [6.07, 6.45) is 5.76. The van der Waals surface area contributed by atoms with Gasteiger partial charge in [-0.3, -0.25) is 0 Å². The van der Waals surface area contributed by atoms with Crippen LogP contribution < -0.4 is 5.32 Å². The Bertz CT molecular complexity index is 851. The van der Waals surface area contributed by atoms with Gasteiger partial charge in [-0.05, 0) is 65.0 Å². The molecule has 1 aliphatic rings. The number of nitrogens with zero attached hydrogens (tertiary/aromatic N) is 3. The average molecular weight is 421 g/mol. The molecule has 0 saturated heterocycles. The summed E-state index contributed by atoms with van der Waals surface area (Å²) < 4.78 is 4.37. The van der Waals surface area contributed by atoms with E-state index in [2.05, 4.69) is 59.5 Å². The van der Waals surface area contributed by atoms with Crippen LogP contribution in [-0.4, -0.2) is 53.8 Å². The van der Waals surface area contributed by atoms with Crippen LogP contribution in [0.4, 0.5) is 0 Å². The Morgan fingerprint density at radius 1 is 1.17 bits per heavy atom. The van der Waals surface area contributed by atoms with Crippen molar-refractivity contribution >= 4 is 11.9 Å². The van der Waals surface area contributed by atoms with Gasteiger partial charge in [0.2, 0.25) is 0 Å². The number of rotatable bonds is 5. The first kappa shape index (κ1) is 23.6. The first-order valence-electron chi connectivity index (χ1n) is 10.2. The Hall–Kier alpha value is -2.65. The lowest BCUT2D eigenvalue weighted by atomic mass is 9.93. The molecule has 30 heavy (non-hydrogen) atoms. The summed E-state index contributed by atoms with van der Waals surface area (Å²) in [5.74, 6) is -2.52. The molecule has 0 atom stereocenters. The van der Waals surface area contributed by atoms with Crippen LogP contribution in [0.25, 0.3) is 5.82 Å². The highest BCUT2D eigenvalue weighted by Gasteiger charge is 2.20. The summed E-state index contributed by atoms with van der Waals surface area (Å²) in [4.78, 5) is 18.2. The Morgan fingerprint density at radius 3 is 2.30 bits per heavy atom. The number of carboxylic acids is 2. The predicted octanol–water partition coefficient (Wildman–Crippen LogP) is 2.42. The first-order valence-corrected chi connectivity index (χ1v) is 10.2. The van der Waals surface area contributed by atoms with Crippen molar-refractivity contribution in [1.82, 2.24) is 19.7 Å². The number of aromatic nitrogens is 3. The molecule has 0 spiro atoms. The molecule has 0 radical (unpaired) electrons. The molecular formula is C21H32N4O5. The van der Waals surface area contributed by atoms with Crippen molar-refractivity contribution in [2.45, 2.75) is 78.1 Å². The zero-order chi connectivity index (χ0) is 22.4. The maximum absolute atomic E-state index is 9.63. The van der Waals surface area contributed by atoms with Gasteiger partial charge in [0.1, 0.15) is 5.82 Å². The van der Waals surface area contributed by atoms with Crippen molar-refractivity contribution in [3.8, 4) is 5.82 Å². The van der Waals surface area contributed by atoms with Gasteiger partial charge in [-0.2, -0.15) is 5.10 Å². The SMILES string of the molecule is Cc1cc(CNC2CCC(O)CC2)c(C)n1-c1ccnn1C(C)C.O=C(O)C(=O)O. The number of aryl methyl sites for hydroxylation is 1. The molecule has 4 N–H and O–H groups in total. The molecular weight excluding hydrogens is 388 g/mol. The van der Waals surface area contributed by atoms with Crippen LogP contribution in [0.3, 0.4) is 0 Å². The van der Waals surface area contributed by atoms with E-state index in [9.17, 15) is 5.11 Å². The number of carboxylic acid groups (broad SMARTS) is 2. The van der Waals surface area contributed by atoms with Crippen LogP contribution in [-0.2, 0) is 16.1 Å². The van der Waals surface area contributed by atoms with Gasteiger partial charge in [0.05, 0.1) is 12.3 Å². The van der Waals surface area contributed by atoms with Crippen molar-refractivity contribution in [2.24, 2.45) is 0 Å². The second-order valence-electron chi connectivity index (χ2n) is 7.96. The predicted molar refractivity (Wildman–Crippen MR) is 112 cm³/mol. The molecule has 1 saturated carbocycles. The molecule has 0 aliphatic heterocycles. The van der Waals surface area contributed by atoms with Crippen LogP contribution in [0.5, 0.6) is 0 Å². The maximum atomic E-state index is 9.63. The third-order valence-corrected chi connectivity index (χ3v) is 5.36. The summed E-state index contributed by atoms with van der Waals surface area (Å²) in [5.41, 5.74) is 3.86. The fourth-order valence-corrected chi connectivity index (χ4v) is 3.78. The van der Waals surface area contributed by atoms with Gasteiger partial charge in [-0.25, -0.2) is 14.3 Å². The molecule has 2 aromatic rings. The molecule has 2 aromatic heterocycles. The number of nitrogens with one attached hydrogen (secondary N) is 1. The van der Waals surface area contributed by atoms with Gasteiger partial charge in [0.25, 0.3) is 0 Å². The average Bonchev–Trinajstić information content (AvgIpc) is 3.26. The minimum absolute atomic E-state index is 0.0931. The maximum Gasteiger partial charge on any atom is 0.414 e. The Morgan fingerprint density at radius 2 is 1.77 bits per heavy atom. The molecule has 3 rings (SSSR count). The van der Waals surface area contributed by atoms with Gasteiger partial charge in [-0.1, -0.05) is 0 Å². The number of hydrogen-bond acceptors (Lipinski definition) is 5. The highest BCUT2D eigenvalue weighted by atomic mass is 16.4. The second-order valence-corrected chi connectivity index (χ2v) is 7.96. The van der Waals surface area contributed by atoms with E-state index in [4.69, 9.17) is 19.8 Å². The fourth-order valence-electron chi connectivity index (χ4n) is 3.78. The standard InChI is InChI=1S/C19H30N4O.C2H2O4/c1-13(2)23-19(9-10-21-23)22-14(3)11-16(15(22)4)12-20-17-5-7-18(24)8-6-17;3-1(4)2(5)6/h9-11,13,17-18,20,24H,5-8,12H2,1-4H3;(H,3,4)(H,5,6). The molecule has 0 unspecified atom stereocenters. The monoisotopic (exact) mass is 420 g/mol. The van der Waals surface area contributed by atoms with Crippen molar-refractivity contribution in [1.29, 1.82) is 0 Å². The van der Waals surface area contributed by atoms with Crippen molar-refractivity contribution in [3.05, 3.63) is 35.3 Å². The topological polar surface area (TPSA) is 130 Å². The molecule has 9 heteroatoms. The van der Waals surface area contributed by atoms with Gasteiger partial charge in [0.15, 0.2) is 0 Å². The Labute approximate surface area is 176 Å². The van der Waals surface area contributed by atoms with E-state index in [0.717, 1.165) is 38.0 Å². The molecule has 1 aliphatic carbocycles. The lowest BCUT2D eigenvalue weighted by Crippen LogP contribution is -2.34. The van der Waals surface area contributed by atoms with Gasteiger partial charge < -0.3 is 25.2 Å². The summed E-state index contributed by atoms with van der Waals surface area (Å²) in [5, 5.41) is 32.6. The van der Waals surface area contributed by atoms with E-state index >= 15 is 0 Å². The smallest absolute Gasteiger partial charge is 0.414 e. The Balaban J connectivity index is 0.000000469. The second kappa shape index (κ2) is 10.4. The number of aliphatic hydroxyl groups excluding tert-OH is 1. The number of carbonyl (C=O) groups is 2. The van der Waals surface area contributed by atoms with E-state index < -0.39 is 11.9 Å². The molecule has 0 aromatic carbocycles. The van der Waals surface area contributed by atoms with Gasteiger partial charge >= 0.3 is 11.9 Å². The lowest BCUT2D eigenvalue weighted by molar-refractivity contribution is -0.159. The van der Waals surface area contributed by atoms with E-state index in [1.54, 1.807) is 0 Å². The van der Waals surface area contributed by atoms with Gasteiger partial charge in [-0.15, -0.1) is 0 Å². The van der Waals surface area contributed by atoms with Crippen molar-refractivity contribution in [3.63, 3.8) is 0 Å². The van der Waals surface area contributed by atoms with Crippen LogP contribution in [0.1, 0.15) is 62.5 Å². The molecule has 0 bridgehead atoms. The summed E-state index contributed by atoms with van der Waals surface area (Å²) in [6, 6.07) is 5.22. The number of aliphatic carboxylic acids is 2. The third-order valence-electron chi connectivity index (χ3n) is 5.36. The largest absolute Gasteiger partial charge is 0.473 e. The Kier molecular flexibility index (Phi) is 8.19. The first-order chi connectivity index (χ1) is 14.1. The quantitative estimate of drug-likeness (QED) is 0.547. The van der Waals surface area contributed by atoms with E-state index in [1.807, 2.05) is 6.20 Å². The minimum Gasteiger partial charge on any atom is -0.473 e. The number of hydrogen-bond donors (Lipinski definition) is 4. The highest BCUT2D eigenvalue weighted by molar-refractivity contribution is 6.27. The third kappa shape index (κ3) is 5.93. The molecule has 2 heterocycles. The molecule has 1 fully saturated rings. The molecule has 9 nitrogen and oxygen atoms in total. The fraction of sp³-hybridized carbons (Fsp3) is 0.571. The van der Waals surface area contributed by atoms with Crippen LogP contribution in [0.2, 0.25) is 0 Å². The normalized spacial score (nSPS) is 18.7. The molecule has 166 valence electrons. The van der Waals surface area contributed by atoms with E-state index in [-0.39, 0.29) is 6.10 Å². The van der Waals surface area contributed by atoms with E-state index in [0.29, 0.717) is 12.1 Å². The summed E-state index contributed by atoms with van der Waals surface area (Å²) in [7, 11) is 0. The van der Waals surface area contributed by atoms with E-state index in [1.165, 1.54) is 17.0 Å². The number of aliphatic hydroxyl groups is 1. The van der Waals surface area contributed by atoms with Crippen LogP contribution in [0.15, 0.2) is 18.3 Å². The molecule has 0 amide bonds. The lowest BCUT2D eigenvalue weighted by Gasteiger charge is -2.26. The summed E-state index contributed by atoms with van der Waals surface area (Å²) >= 11 is 0. The van der Waals surface area contributed by atoms with Crippen LogP contribution >= 0.6 is 0 Å². The minimum atomic E-state index is -1.82. The summed E-state index contributed by atoms with van der Waals surface area (Å²) in [6.45, 7) is 9.54. The zero-order valence-electron chi connectivity index (χ0n) is 18.0. The highest BCUT2D eigenvalue weighted by Crippen LogP contribution is 2.24. The van der Waals surface area contributed by atoms with Crippen molar-refractivity contribution < 1.29 is 24.9 Å². The zero-order valence-corrected chi connectivity index (χ0v) is 18.0. The van der Waals surface area contributed by atoms with Crippen LogP contribution in [0, 0.1) is 13.8 Å². The van der Waals surface area contributed by atoms with Gasteiger partial charge in [0, 0.05) is 36.1 Å².